The number of ether oxygens (including phenoxy) is 1. The summed E-state index contributed by atoms with van der Waals surface area (Å²) in [5, 5.41) is 7.18. The summed E-state index contributed by atoms with van der Waals surface area (Å²) in [4.78, 5) is 23.2. The van der Waals surface area contributed by atoms with Crippen LogP contribution in [-0.2, 0) is 9.53 Å². The molecule has 110 valence electrons. The lowest BCUT2D eigenvalue weighted by Gasteiger charge is -2.15. The zero-order valence-corrected chi connectivity index (χ0v) is 12.3. The van der Waals surface area contributed by atoms with Crippen LogP contribution in [0.4, 0.5) is 0 Å². The van der Waals surface area contributed by atoms with Crippen LogP contribution in [0.5, 0.6) is 0 Å². The Balaban J connectivity index is 1.91. The Bertz CT molecular complexity index is 584. The molecule has 1 heterocycles. The maximum atomic E-state index is 11.9. The highest BCUT2D eigenvalue weighted by molar-refractivity contribution is 8.14. The Labute approximate surface area is 126 Å². The molecule has 6 nitrogen and oxygen atoms in total. The Kier molecular flexibility index (Phi) is 5.39. The molecule has 0 radical (unpaired) electrons. The molecule has 1 aliphatic heterocycles. The van der Waals surface area contributed by atoms with Crippen LogP contribution in [0.15, 0.2) is 47.2 Å². The average molecular weight is 305 g/mol. The first-order chi connectivity index (χ1) is 10.2. The van der Waals surface area contributed by atoms with E-state index in [0.29, 0.717) is 28.8 Å². The zero-order valence-electron chi connectivity index (χ0n) is 11.5. The summed E-state index contributed by atoms with van der Waals surface area (Å²) < 4.78 is 4.81. The van der Waals surface area contributed by atoms with Crippen molar-refractivity contribution in [2.24, 2.45) is 5.10 Å². The lowest BCUT2D eigenvalue weighted by atomic mass is 10.2. The molecule has 0 aliphatic carbocycles. The molecule has 1 aromatic rings. The first-order valence-corrected chi connectivity index (χ1v) is 7.38. The molecular weight excluding hydrogens is 290 g/mol. The van der Waals surface area contributed by atoms with Crippen LogP contribution >= 0.6 is 11.8 Å². The van der Waals surface area contributed by atoms with Gasteiger partial charge in [0, 0.05) is 17.4 Å². The molecule has 2 rings (SSSR count). The number of rotatable bonds is 3. The van der Waals surface area contributed by atoms with E-state index in [1.165, 1.54) is 17.8 Å². The van der Waals surface area contributed by atoms with Gasteiger partial charge in [0.25, 0.3) is 5.91 Å². The van der Waals surface area contributed by atoms with Crippen molar-refractivity contribution in [2.75, 3.05) is 12.4 Å². The summed E-state index contributed by atoms with van der Waals surface area (Å²) in [5.41, 5.74) is 3.93. The van der Waals surface area contributed by atoms with Gasteiger partial charge in [-0.05, 0) is 19.1 Å². The van der Waals surface area contributed by atoms with Gasteiger partial charge in [0.1, 0.15) is 0 Å². The third-order valence-corrected chi connectivity index (χ3v) is 3.42. The molecular formula is C14H15N3O3S. The minimum Gasteiger partial charge on any atom is -0.463 e. The normalized spacial score (nSPS) is 15.9. The van der Waals surface area contributed by atoms with E-state index in [1.54, 1.807) is 31.2 Å². The first kappa shape index (κ1) is 15.1. The summed E-state index contributed by atoms with van der Waals surface area (Å²) in [6, 6.07) is 8.88. The Morgan fingerprint density at radius 1 is 1.43 bits per heavy atom. The predicted molar refractivity (Wildman–Crippen MR) is 81.7 cm³/mol. The van der Waals surface area contributed by atoms with Crippen LogP contribution in [0.2, 0.25) is 0 Å². The number of hydrazone groups is 1. The molecule has 21 heavy (non-hydrogen) atoms. The van der Waals surface area contributed by atoms with Crippen molar-refractivity contribution in [2.45, 2.75) is 6.92 Å². The zero-order chi connectivity index (χ0) is 15.1. The summed E-state index contributed by atoms with van der Waals surface area (Å²) >= 11 is 1.33. The van der Waals surface area contributed by atoms with Crippen LogP contribution in [0.3, 0.4) is 0 Å². The van der Waals surface area contributed by atoms with Crippen molar-refractivity contribution in [3.8, 4) is 0 Å². The largest absolute Gasteiger partial charge is 0.463 e. The SMILES string of the molecule is CCOC(=O)C=C1CSC(NC(=O)c2ccccc2)=NN1. The second-order valence-corrected chi connectivity index (χ2v) is 5.02. The van der Waals surface area contributed by atoms with Crippen molar-refractivity contribution in [3.63, 3.8) is 0 Å². The van der Waals surface area contributed by atoms with Gasteiger partial charge in [-0.1, -0.05) is 30.0 Å². The molecule has 0 bridgehead atoms. The molecule has 1 amide bonds. The van der Waals surface area contributed by atoms with Crippen LogP contribution in [-0.4, -0.2) is 29.4 Å². The minimum atomic E-state index is -0.410. The van der Waals surface area contributed by atoms with E-state index in [-0.39, 0.29) is 5.91 Å². The number of hydrogen-bond acceptors (Lipinski definition) is 6. The van der Waals surface area contributed by atoms with Crippen molar-refractivity contribution in [1.29, 1.82) is 0 Å². The number of nitrogens with zero attached hydrogens (tertiary/aromatic N) is 1. The monoisotopic (exact) mass is 305 g/mol. The molecule has 0 aromatic heterocycles. The van der Waals surface area contributed by atoms with Gasteiger partial charge >= 0.3 is 5.97 Å². The van der Waals surface area contributed by atoms with Crippen molar-refractivity contribution >= 4 is 28.8 Å². The standard InChI is InChI=1S/C14H15N3O3S/c1-2-20-12(18)8-11-9-21-14(17-16-11)15-13(19)10-6-4-3-5-7-10/h3-8,16H,2,9H2,1H3,(H,15,17,19). The summed E-state index contributed by atoms with van der Waals surface area (Å²) in [7, 11) is 0. The van der Waals surface area contributed by atoms with E-state index in [1.807, 2.05) is 6.07 Å². The lowest BCUT2D eigenvalue weighted by molar-refractivity contribution is -0.137. The number of carbonyl (C=O) groups is 2. The van der Waals surface area contributed by atoms with Gasteiger partial charge in [0.2, 0.25) is 0 Å². The predicted octanol–water partition coefficient (Wildman–Crippen LogP) is 1.47. The van der Waals surface area contributed by atoms with E-state index < -0.39 is 5.97 Å². The van der Waals surface area contributed by atoms with Gasteiger partial charge in [0.05, 0.1) is 12.3 Å². The van der Waals surface area contributed by atoms with E-state index in [4.69, 9.17) is 4.74 Å². The molecule has 1 aromatic carbocycles. The van der Waals surface area contributed by atoms with Gasteiger partial charge in [-0.2, -0.15) is 5.10 Å². The molecule has 2 N–H and O–H groups in total. The number of carbonyl (C=O) groups excluding carboxylic acids is 2. The van der Waals surface area contributed by atoms with Crippen LogP contribution < -0.4 is 10.7 Å². The van der Waals surface area contributed by atoms with Gasteiger partial charge in [-0.25, -0.2) is 4.79 Å². The number of esters is 1. The first-order valence-electron chi connectivity index (χ1n) is 6.39. The van der Waals surface area contributed by atoms with Crippen molar-refractivity contribution < 1.29 is 14.3 Å². The average Bonchev–Trinajstić information content (AvgIpc) is 2.50. The van der Waals surface area contributed by atoms with Crippen LogP contribution in [0.25, 0.3) is 0 Å². The number of benzene rings is 1. The summed E-state index contributed by atoms with van der Waals surface area (Å²) in [5.74, 6) is -0.124. The molecule has 0 fully saturated rings. The lowest BCUT2D eigenvalue weighted by Crippen LogP contribution is -2.33. The highest BCUT2D eigenvalue weighted by Gasteiger charge is 2.14. The van der Waals surface area contributed by atoms with E-state index in [0.717, 1.165) is 0 Å². The maximum Gasteiger partial charge on any atom is 0.332 e. The highest BCUT2D eigenvalue weighted by atomic mass is 32.2. The fraction of sp³-hybridized carbons (Fsp3) is 0.214. The van der Waals surface area contributed by atoms with Crippen molar-refractivity contribution in [1.82, 2.24) is 10.7 Å². The highest BCUT2D eigenvalue weighted by Crippen LogP contribution is 2.13. The number of amidine groups is 1. The second-order valence-electron chi connectivity index (χ2n) is 4.06. The molecule has 0 saturated carbocycles. The van der Waals surface area contributed by atoms with E-state index >= 15 is 0 Å². The number of thioether (sulfide) groups is 1. The molecule has 0 unspecified atom stereocenters. The Morgan fingerprint density at radius 3 is 2.81 bits per heavy atom. The van der Waals surface area contributed by atoms with Gasteiger partial charge in [0.15, 0.2) is 5.17 Å². The maximum absolute atomic E-state index is 11.9. The Morgan fingerprint density at radius 2 is 2.19 bits per heavy atom. The third kappa shape index (κ3) is 4.64. The third-order valence-electron chi connectivity index (χ3n) is 2.50. The van der Waals surface area contributed by atoms with E-state index in [2.05, 4.69) is 15.8 Å². The molecule has 0 saturated heterocycles. The number of hydrogen-bond donors (Lipinski definition) is 2. The molecule has 0 atom stereocenters. The van der Waals surface area contributed by atoms with Crippen molar-refractivity contribution in [3.05, 3.63) is 47.7 Å². The number of nitrogens with one attached hydrogen (secondary N) is 2. The Hall–Kier alpha value is -2.28. The topological polar surface area (TPSA) is 79.8 Å². The number of amides is 1. The summed E-state index contributed by atoms with van der Waals surface area (Å²) in [6.07, 6.45) is 1.36. The fourth-order valence-corrected chi connectivity index (χ4v) is 2.27. The van der Waals surface area contributed by atoms with Crippen LogP contribution in [0, 0.1) is 0 Å². The second kappa shape index (κ2) is 7.49. The van der Waals surface area contributed by atoms with E-state index in [9.17, 15) is 9.59 Å². The van der Waals surface area contributed by atoms with Gasteiger partial charge in [-0.15, -0.1) is 0 Å². The quantitative estimate of drug-likeness (QED) is 0.653. The van der Waals surface area contributed by atoms with Gasteiger partial charge < -0.3 is 4.74 Å². The smallest absolute Gasteiger partial charge is 0.332 e. The van der Waals surface area contributed by atoms with Gasteiger partial charge in [-0.3, -0.25) is 15.5 Å². The fourth-order valence-electron chi connectivity index (χ4n) is 1.56. The molecule has 1 aliphatic rings. The molecule has 7 heteroatoms. The minimum absolute atomic E-state index is 0.221. The molecule has 0 spiro atoms. The summed E-state index contributed by atoms with van der Waals surface area (Å²) in [6.45, 7) is 2.08. The van der Waals surface area contributed by atoms with Crippen LogP contribution in [0.1, 0.15) is 17.3 Å².